The van der Waals surface area contributed by atoms with Crippen LogP contribution in [0, 0.1) is 13.8 Å². The lowest BCUT2D eigenvalue weighted by atomic mass is 10.1. The molecule has 3 aromatic carbocycles. The van der Waals surface area contributed by atoms with Crippen LogP contribution in [0.5, 0.6) is 5.75 Å². The SMILES string of the molecule is COc1ccc(C(=O)N2CCc3ccc(NS(=O)(=O)c4cc(C)ccc4C)cc32)cc1. The van der Waals surface area contributed by atoms with E-state index >= 15 is 0 Å². The second-order valence-corrected chi connectivity index (χ2v) is 9.30. The standard InChI is InChI=1S/C24H24N2O4S/c1-16-4-5-17(2)23(14-16)31(28,29)25-20-9-6-18-12-13-26(22(18)15-20)24(27)19-7-10-21(30-3)11-8-19/h4-11,14-15,25H,12-13H2,1-3H3. The lowest BCUT2D eigenvalue weighted by molar-refractivity contribution is 0.0989. The molecule has 0 bridgehead atoms. The summed E-state index contributed by atoms with van der Waals surface area (Å²) >= 11 is 0. The first-order valence-corrected chi connectivity index (χ1v) is 11.5. The Labute approximate surface area is 182 Å². The molecule has 1 aliphatic rings. The fourth-order valence-electron chi connectivity index (χ4n) is 3.75. The number of nitrogens with zero attached hydrogens (tertiary/aromatic N) is 1. The minimum atomic E-state index is -3.75. The largest absolute Gasteiger partial charge is 0.497 e. The second-order valence-electron chi connectivity index (χ2n) is 7.65. The van der Waals surface area contributed by atoms with Gasteiger partial charge in [-0.1, -0.05) is 18.2 Å². The molecule has 6 nitrogen and oxygen atoms in total. The summed E-state index contributed by atoms with van der Waals surface area (Å²) in [6, 6.07) is 17.6. The van der Waals surface area contributed by atoms with Gasteiger partial charge in [-0.3, -0.25) is 9.52 Å². The monoisotopic (exact) mass is 436 g/mol. The Morgan fingerprint density at radius 1 is 1.00 bits per heavy atom. The maximum Gasteiger partial charge on any atom is 0.262 e. The van der Waals surface area contributed by atoms with Crippen molar-refractivity contribution < 1.29 is 17.9 Å². The fourth-order valence-corrected chi connectivity index (χ4v) is 5.13. The zero-order valence-corrected chi connectivity index (χ0v) is 18.5. The summed E-state index contributed by atoms with van der Waals surface area (Å²) in [5.74, 6) is 0.553. The van der Waals surface area contributed by atoms with Crippen molar-refractivity contribution in [2.24, 2.45) is 0 Å². The van der Waals surface area contributed by atoms with Crippen LogP contribution in [0.25, 0.3) is 0 Å². The van der Waals surface area contributed by atoms with Crippen molar-refractivity contribution in [3.05, 3.63) is 82.9 Å². The minimum absolute atomic E-state index is 0.129. The molecule has 0 saturated carbocycles. The van der Waals surface area contributed by atoms with Gasteiger partial charge in [0.05, 0.1) is 17.7 Å². The van der Waals surface area contributed by atoms with E-state index in [4.69, 9.17) is 4.74 Å². The molecule has 0 aromatic heterocycles. The number of benzene rings is 3. The van der Waals surface area contributed by atoms with Gasteiger partial charge in [0.25, 0.3) is 15.9 Å². The highest BCUT2D eigenvalue weighted by Crippen LogP contribution is 2.33. The number of hydrogen-bond donors (Lipinski definition) is 1. The van der Waals surface area contributed by atoms with Gasteiger partial charge in [0, 0.05) is 17.8 Å². The van der Waals surface area contributed by atoms with E-state index in [1.54, 1.807) is 67.5 Å². The molecule has 0 spiro atoms. The summed E-state index contributed by atoms with van der Waals surface area (Å²) in [4.78, 5) is 15.0. The van der Waals surface area contributed by atoms with Gasteiger partial charge in [-0.25, -0.2) is 8.42 Å². The smallest absolute Gasteiger partial charge is 0.262 e. The van der Waals surface area contributed by atoms with Gasteiger partial charge >= 0.3 is 0 Å². The summed E-state index contributed by atoms with van der Waals surface area (Å²) in [6.45, 7) is 4.18. The maximum absolute atomic E-state index is 13.1. The Balaban J connectivity index is 1.62. The van der Waals surface area contributed by atoms with Crippen LogP contribution in [-0.4, -0.2) is 28.0 Å². The van der Waals surface area contributed by atoms with Crippen molar-refractivity contribution in [3.8, 4) is 5.75 Å². The molecule has 0 unspecified atom stereocenters. The third kappa shape index (κ3) is 4.14. The molecule has 7 heteroatoms. The Kier molecular flexibility index (Phi) is 5.45. The van der Waals surface area contributed by atoms with Gasteiger partial charge in [-0.15, -0.1) is 0 Å². The molecule has 0 atom stereocenters. The molecule has 1 heterocycles. The third-order valence-corrected chi connectivity index (χ3v) is 6.97. The van der Waals surface area contributed by atoms with Gasteiger partial charge < -0.3 is 9.64 Å². The lowest BCUT2D eigenvalue weighted by Gasteiger charge is -2.19. The molecule has 160 valence electrons. The number of carbonyl (C=O) groups is 1. The number of sulfonamides is 1. The van der Waals surface area contributed by atoms with Crippen LogP contribution in [0.3, 0.4) is 0 Å². The minimum Gasteiger partial charge on any atom is -0.497 e. The van der Waals surface area contributed by atoms with Crippen molar-refractivity contribution >= 4 is 27.3 Å². The van der Waals surface area contributed by atoms with Crippen molar-refractivity contribution in [2.45, 2.75) is 25.2 Å². The van der Waals surface area contributed by atoms with Crippen molar-refractivity contribution in [1.82, 2.24) is 0 Å². The molecule has 1 aliphatic heterocycles. The predicted molar refractivity (Wildman–Crippen MR) is 122 cm³/mol. The Hall–Kier alpha value is -3.32. The Bertz CT molecular complexity index is 1250. The highest BCUT2D eigenvalue weighted by molar-refractivity contribution is 7.92. The van der Waals surface area contributed by atoms with E-state index in [1.807, 2.05) is 19.1 Å². The number of nitrogens with one attached hydrogen (secondary N) is 1. The molecule has 1 amide bonds. The van der Waals surface area contributed by atoms with Gasteiger partial charge in [0.15, 0.2) is 0 Å². The quantitative estimate of drug-likeness (QED) is 0.646. The normalized spacial score (nSPS) is 13.1. The average molecular weight is 437 g/mol. The van der Waals surface area contributed by atoms with Crippen molar-refractivity contribution in [2.75, 3.05) is 23.3 Å². The van der Waals surface area contributed by atoms with Crippen LogP contribution in [0.1, 0.15) is 27.0 Å². The highest BCUT2D eigenvalue weighted by atomic mass is 32.2. The number of ether oxygens (including phenoxy) is 1. The van der Waals surface area contributed by atoms with E-state index in [-0.39, 0.29) is 10.8 Å². The predicted octanol–water partition coefficient (Wildman–Crippen LogP) is 4.32. The van der Waals surface area contributed by atoms with Crippen LogP contribution >= 0.6 is 0 Å². The first-order chi connectivity index (χ1) is 14.8. The number of amides is 1. The van der Waals surface area contributed by atoms with Crippen LogP contribution in [0.4, 0.5) is 11.4 Å². The maximum atomic E-state index is 13.1. The average Bonchev–Trinajstić information content (AvgIpc) is 3.18. The summed E-state index contributed by atoms with van der Waals surface area (Å²) in [7, 11) is -2.17. The fraction of sp³-hybridized carbons (Fsp3) is 0.208. The molecule has 4 rings (SSSR count). The Morgan fingerprint density at radius 2 is 1.74 bits per heavy atom. The van der Waals surface area contributed by atoms with Crippen molar-refractivity contribution in [1.29, 1.82) is 0 Å². The van der Waals surface area contributed by atoms with Crippen LogP contribution in [-0.2, 0) is 16.4 Å². The zero-order chi connectivity index (χ0) is 22.2. The topological polar surface area (TPSA) is 75.7 Å². The molecule has 0 fully saturated rings. The van der Waals surface area contributed by atoms with Gasteiger partial charge in [0.1, 0.15) is 5.75 Å². The number of fused-ring (bicyclic) bond motifs is 1. The number of methoxy groups -OCH3 is 1. The van der Waals surface area contributed by atoms with Crippen LogP contribution < -0.4 is 14.4 Å². The van der Waals surface area contributed by atoms with E-state index < -0.39 is 10.0 Å². The van der Waals surface area contributed by atoms with Crippen LogP contribution in [0.15, 0.2) is 65.6 Å². The third-order valence-electron chi connectivity index (χ3n) is 5.45. The first-order valence-electron chi connectivity index (χ1n) is 9.97. The Morgan fingerprint density at radius 3 is 2.45 bits per heavy atom. The molecule has 0 radical (unpaired) electrons. The molecule has 31 heavy (non-hydrogen) atoms. The van der Waals surface area contributed by atoms with Crippen LogP contribution in [0.2, 0.25) is 0 Å². The van der Waals surface area contributed by atoms with Gasteiger partial charge in [-0.2, -0.15) is 0 Å². The molecule has 0 aliphatic carbocycles. The van der Waals surface area contributed by atoms with E-state index in [2.05, 4.69) is 4.72 Å². The molecule has 3 aromatic rings. The highest BCUT2D eigenvalue weighted by Gasteiger charge is 2.27. The summed E-state index contributed by atoms with van der Waals surface area (Å²) in [6.07, 6.45) is 0.723. The summed E-state index contributed by atoms with van der Waals surface area (Å²) in [5, 5.41) is 0. The summed E-state index contributed by atoms with van der Waals surface area (Å²) < 4.78 is 33.8. The number of hydrogen-bond acceptors (Lipinski definition) is 4. The molecular weight excluding hydrogens is 412 g/mol. The molecular formula is C24H24N2O4S. The van der Waals surface area contributed by atoms with E-state index in [0.29, 0.717) is 29.1 Å². The van der Waals surface area contributed by atoms with E-state index in [0.717, 1.165) is 23.2 Å². The summed E-state index contributed by atoms with van der Waals surface area (Å²) in [5.41, 5.74) is 4.26. The van der Waals surface area contributed by atoms with Gasteiger partial charge in [0.2, 0.25) is 0 Å². The second kappa shape index (κ2) is 8.07. The number of carbonyl (C=O) groups excluding carboxylic acids is 1. The van der Waals surface area contributed by atoms with E-state index in [9.17, 15) is 13.2 Å². The van der Waals surface area contributed by atoms with E-state index in [1.165, 1.54) is 0 Å². The number of rotatable bonds is 5. The first kappa shape index (κ1) is 20.9. The number of aryl methyl sites for hydroxylation is 2. The lowest BCUT2D eigenvalue weighted by Crippen LogP contribution is -2.28. The molecule has 1 N–H and O–H groups in total. The van der Waals surface area contributed by atoms with Gasteiger partial charge in [-0.05, 0) is 79.4 Å². The molecule has 0 saturated heterocycles. The zero-order valence-electron chi connectivity index (χ0n) is 17.7. The number of anilines is 2. The van der Waals surface area contributed by atoms with Crippen molar-refractivity contribution in [3.63, 3.8) is 0 Å².